The second-order valence-corrected chi connectivity index (χ2v) is 8.50. The molecule has 1 fully saturated rings. The molecule has 172 valence electrons. The number of rotatable bonds is 8. The molecule has 0 radical (unpaired) electrons. The van der Waals surface area contributed by atoms with Gasteiger partial charge in [-0.1, -0.05) is 48.0 Å². The van der Waals surface area contributed by atoms with E-state index in [1.54, 1.807) is 54.6 Å². The van der Waals surface area contributed by atoms with E-state index in [1.807, 2.05) is 0 Å². The standard InChI is InChI=1S/C27H22ClFN2O3/c28-25-14-21(29)9-12-23(25)24(27(34)31-22-10-11-22)13-17-5-7-20(8-6-17)26(33)30-15-18-1-3-19(16-32)4-2-18/h1-9,12-14,16,22H,10-11,15H2,(H,30,33)(H,31,34)/b24-13+. The van der Waals surface area contributed by atoms with E-state index in [2.05, 4.69) is 10.6 Å². The van der Waals surface area contributed by atoms with Crippen LogP contribution in [0.2, 0.25) is 5.02 Å². The average molecular weight is 477 g/mol. The van der Waals surface area contributed by atoms with Crippen LogP contribution in [0.15, 0.2) is 66.7 Å². The van der Waals surface area contributed by atoms with Gasteiger partial charge in [-0.25, -0.2) is 4.39 Å². The van der Waals surface area contributed by atoms with Crippen LogP contribution in [0.4, 0.5) is 4.39 Å². The van der Waals surface area contributed by atoms with E-state index in [0.717, 1.165) is 24.7 Å². The minimum atomic E-state index is -0.481. The highest BCUT2D eigenvalue weighted by atomic mass is 35.5. The molecule has 0 bridgehead atoms. The summed E-state index contributed by atoms with van der Waals surface area (Å²) in [7, 11) is 0. The zero-order valence-electron chi connectivity index (χ0n) is 18.2. The number of carbonyl (C=O) groups excluding carboxylic acids is 3. The Kier molecular flexibility index (Phi) is 7.18. The minimum absolute atomic E-state index is 0.148. The molecule has 0 atom stereocenters. The summed E-state index contributed by atoms with van der Waals surface area (Å²) in [6.45, 7) is 0.328. The number of aldehydes is 1. The second-order valence-electron chi connectivity index (χ2n) is 8.09. The lowest BCUT2D eigenvalue weighted by Gasteiger charge is -2.11. The zero-order valence-corrected chi connectivity index (χ0v) is 18.9. The molecule has 0 spiro atoms. The summed E-state index contributed by atoms with van der Waals surface area (Å²) >= 11 is 6.22. The summed E-state index contributed by atoms with van der Waals surface area (Å²) in [6, 6.07) is 17.8. The molecular formula is C27H22ClFN2O3. The fourth-order valence-electron chi connectivity index (χ4n) is 3.36. The second kappa shape index (κ2) is 10.4. The summed E-state index contributed by atoms with van der Waals surface area (Å²) in [6.07, 6.45) is 4.30. The lowest BCUT2D eigenvalue weighted by Crippen LogP contribution is -2.26. The van der Waals surface area contributed by atoms with Crippen LogP contribution in [0.3, 0.4) is 0 Å². The van der Waals surface area contributed by atoms with E-state index < -0.39 is 5.82 Å². The maximum absolute atomic E-state index is 13.5. The summed E-state index contributed by atoms with van der Waals surface area (Å²) in [5.74, 6) is -1.01. The van der Waals surface area contributed by atoms with E-state index in [0.29, 0.717) is 34.4 Å². The first-order valence-corrected chi connectivity index (χ1v) is 11.2. The molecule has 0 aliphatic heterocycles. The van der Waals surface area contributed by atoms with Crippen molar-refractivity contribution in [1.29, 1.82) is 0 Å². The molecule has 5 nitrogen and oxygen atoms in total. The van der Waals surface area contributed by atoms with Gasteiger partial charge in [0, 0.05) is 34.9 Å². The molecule has 4 rings (SSSR count). The van der Waals surface area contributed by atoms with Gasteiger partial charge in [-0.15, -0.1) is 0 Å². The molecule has 2 amide bonds. The van der Waals surface area contributed by atoms with Crippen molar-refractivity contribution in [1.82, 2.24) is 10.6 Å². The van der Waals surface area contributed by atoms with E-state index in [1.165, 1.54) is 18.2 Å². The third-order valence-electron chi connectivity index (χ3n) is 5.43. The third-order valence-corrected chi connectivity index (χ3v) is 5.74. The Bertz CT molecular complexity index is 1250. The number of benzene rings is 3. The van der Waals surface area contributed by atoms with Gasteiger partial charge in [0.1, 0.15) is 12.1 Å². The lowest BCUT2D eigenvalue weighted by atomic mass is 10.0. The number of amides is 2. The first-order chi connectivity index (χ1) is 16.4. The zero-order chi connectivity index (χ0) is 24.1. The number of hydrogen-bond acceptors (Lipinski definition) is 3. The summed E-state index contributed by atoms with van der Waals surface area (Å²) in [4.78, 5) is 36.1. The van der Waals surface area contributed by atoms with Gasteiger partial charge in [0.2, 0.25) is 0 Å². The third kappa shape index (κ3) is 5.97. The Morgan fingerprint density at radius 1 is 0.971 bits per heavy atom. The normalized spacial score (nSPS) is 13.3. The molecule has 3 aromatic rings. The van der Waals surface area contributed by atoms with Crippen LogP contribution < -0.4 is 10.6 Å². The van der Waals surface area contributed by atoms with Crippen molar-refractivity contribution < 1.29 is 18.8 Å². The molecule has 0 unspecified atom stereocenters. The SMILES string of the molecule is O=Cc1ccc(CNC(=O)c2ccc(/C=C(/C(=O)NC3CC3)c3ccc(F)cc3Cl)cc2)cc1. The van der Waals surface area contributed by atoms with Gasteiger partial charge in [-0.2, -0.15) is 0 Å². The van der Waals surface area contributed by atoms with Crippen molar-refractivity contribution in [2.45, 2.75) is 25.4 Å². The van der Waals surface area contributed by atoms with E-state index in [4.69, 9.17) is 11.6 Å². The highest BCUT2D eigenvalue weighted by molar-refractivity contribution is 6.36. The van der Waals surface area contributed by atoms with Gasteiger partial charge < -0.3 is 10.6 Å². The topological polar surface area (TPSA) is 75.3 Å². The number of hydrogen-bond donors (Lipinski definition) is 2. The molecule has 34 heavy (non-hydrogen) atoms. The Hall–Kier alpha value is -3.77. The summed E-state index contributed by atoms with van der Waals surface area (Å²) < 4.78 is 13.5. The van der Waals surface area contributed by atoms with Crippen molar-refractivity contribution in [3.63, 3.8) is 0 Å². The van der Waals surface area contributed by atoms with Gasteiger partial charge in [0.25, 0.3) is 11.8 Å². The molecule has 1 saturated carbocycles. The molecule has 3 aromatic carbocycles. The lowest BCUT2D eigenvalue weighted by molar-refractivity contribution is -0.115. The smallest absolute Gasteiger partial charge is 0.252 e. The largest absolute Gasteiger partial charge is 0.349 e. The molecule has 0 heterocycles. The fourth-order valence-corrected chi connectivity index (χ4v) is 3.63. The van der Waals surface area contributed by atoms with E-state index in [9.17, 15) is 18.8 Å². The molecule has 2 N–H and O–H groups in total. The van der Waals surface area contributed by atoms with Crippen molar-refractivity contribution >= 4 is 41.4 Å². The Morgan fingerprint density at radius 2 is 1.65 bits per heavy atom. The van der Waals surface area contributed by atoms with Crippen LogP contribution in [0, 0.1) is 5.82 Å². The quantitative estimate of drug-likeness (QED) is 0.272. The monoisotopic (exact) mass is 476 g/mol. The molecule has 7 heteroatoms. The predicted molar refractivity (Wildman–Crippen MR) is 130 cm³/mol. The van der Waals surface area contributed by atoms with Gasteiger partial charge in [0.15, 0.2) is 0 Å². The van der Waals surface area contributed by atoms with Crippen molar-refractivity contribution in [2.24, 2.45) is 0 Å². The first-order valence-electron chi connectivity index (χ1n) is 10.8. The maximum atomic E-state index is 13.5. The maximum Gasteiger partial charge on any atom is 0.252 e. The number of carbonyl (C=O) groups is 3. The molecule has 1 aliphatic carbocycles. The van der Waals surface area contributed by atoms with Crippen LogP contribution in [0.1, 0.15) is 50.2 Å². The highest BCUT2D eigenvalue weighted by Gasteiger charge is 2.26. The molecule has 1 aliphatic rings. The Morgan fingerprint density at radius 3 is 2.26 bits per heavy atom. The molecule has 0 aromatic heterocycles. The molecule has 0 saturated heterocycles. The van der Waals surface area contributed by atoms with Crippen LogP contribution in [0.25, 0.3) is 11.6 Å². The first kappa shape index (κ1) is 23.4. The van der Waals surface area contributed by atoms with Gasteiger partial charge in [0.05, 0.1) is 5.02 Å². The number of nitrogens with one attached hydrogen (secondary N) is 2. The summed E-state index contributed by atoms with van der Waals surface area (Å²) in [5, 5.41) is 5.93. The van der Waals surface area contributed by atoms with Crippen LogP contribution in [-0.2, 0) is 11.3 Å². The summed E-state index contributed by atoms with van der Waals surface area (Å²) in [5.41, 5.74) is 3.37. The van der Waals surface area contributed by atoms with Crippen molar-refractivity contribution in [3.05, 3.63) is 105 Å². The van der Waals surface area contributed by atoms with Crippen molar-refractivity contribution in [3.8, 4) is 0 Å². The van der Waals surface area contributed by atoms with Crippen LogP contribution in [0.5, 0.6) is 0 Å². The van der Waals surface area contributed by atoms with E-state index in [-0.39, 0.29) is 22.9 Å². The van der Waals surface area contributed by atoms with Crippen LogP contribution in [-0.4, -0.2) is 24.1 Å². The van der Waals surface area contributed by atoms with Crippen molar-refractivity contribution in [2.75, 3.05) is 0 Å². The average Bonchev–Trinajstić information content (AvgIpc) is 3.66. The Balaban J connectivity index is 1.50. The van der Waals surface area contributed by atoms with Gasteiger partial charge >= 0.3 is 0 Å². The minimum Gasteiger partial charge on any atom is -0.349 e. The van der Waals surface area contributed by atoms with Gasteiger partial charge in [-0.05, 0) is 60.4 Å². The van der Waals surface area contributed by atoms with E-state index >= 15 is 0 Å². The fraction of sp³-hybridized carbons (Fsp3) is 0.148. The predicted octanol–water partition coefficient (Wildman–Crippen LogP) is 5.04. The molecular weight excluding hydrogens is 455 g/mol. The van der Waals surface area contributed by atoms with Crippen LogP contribution >= 0.6 is 11.6 Å². The highest BCUT2D eigenvalue weighted by Crippen LogP contribution is 2.29. The Labute approximate surface area is 201 Å². The number of halogens is 2. The van der Waals surface area contributed by atoms with Gasteiger partial charge in [-0.3, -0.25) is 14.4 Å².